The standard InChI is InChI=1S/C14H29N3O/c1-2-6-16-7-9-17(10-8-16)13-4-3-5-14(15,11-13)12-18/h13,18H,2-12,15H2,1H3. The maximum atomic E-state index is 9.43. The predicted octanol–water partition coefficient (Wildman–Crippen LogP) is 0.646. The highest BCUT2D eigenvalue weighted by Crippen LogP contribution is 2.29. The van der Waals surface area contributed by atoms with Crippen LogP contribution in [0.3, 0.4) is 0 Å². The van der Waals surface area contributed by atoms with Crippen LogP contribution in [0.1, 0.15) is 39.0 Å². The van der Waals surface area contributed by atoms with Crippen molar-refractivity contribution in [3.63, 3.8) is 0 Å². The summed E-state index contributed by atoms with van der Waals surface area (Å²) in [6.45, 7) is 8.35. The molecule has 2 unspecified atom stereocenters. The molecule has 1 aliphatic carbocycles. The predicted molar refractivity (Wildman–Crippen MR) is 74.6 cm³/mol. The largest absolute Gasteiger partial charge is 0.394 e. The molecular weight excluding hydrogens is 226 g/mol. The molecule has 1 saturated carbocycles. The summed E-state index contributed by atoms with van der Waals surface area (Å²) in [7, 11) is 0. The molecule has 0 spiro atoms. The lowest BCUT2D eigenvalue weighted by Gasteiger charge is -2.45. The fraction of sp³-hybridized carbons (Fsp3) is 1.00. The number of hydrogen-bond acceptors (Lipinski definition) is 4. The zero-order valence-corrected chi connectivity index (χ0v) is 11.8. The normalized spacial score (nSPS) is 35.8. The third-order valence-corrected chi connectivity index (χ3v) is 4.63. The van der Waals surface area contributed by atoms with E-state index in [1.54, 1.807) is 0 Å². The topological polar surface area (TPSA) is 52.7 Å². The van der Waals surface area contributed by atoms with Crippen LogP contribution in [0.25, 0.3) is 0 Å². The van der Waals surface area contributed by atoms with Gasteiger partial charge >= 0.3 is 0 Å². The summed E-state index contributed by atoms with van der Waals surface area (Å²) in [4.78, 5) is 5.16. The van der Waals surface area contributed by atoms with Crippen LogP contribution < -0.4 is 5.73 Å². The second kappa shape index (κ2) is 6.33. The van der Waals surface area contributed by atoms with Crippen molar-refractivity contribution in [2.75, 3.05) is 39.3 Å². The summed E-state index contributed by atoms with van der Waals surface area (Å²) >= 11 is 0. The summed E-state index contributed by atoms with van der Waals surface area (Å²) in [5.74, 6) is 0. The molecule has 0 aromatic heterocycles. The maximum absolute atomic E-state index is 9.43. The van der Waals surface area contributed by atoms with E-state index in [2.05, 4.69) is 16.7 Å². The van der Waals surface area contributed by atoms with E-state index in [-0.39, 0.29) is 12.1 Å². The van der Waals surface area contributed by atoms with Crippen molar-refractivity contribution < 1.29 is 5.11 Å². The van der Waals surface area contributed by atoms with Gasteiger partial charge in [0, 0.05) is 37.8 Å². The Balaban J connectivity index is 1.82. The number of hydrogen-bond donors (Lipinski definition) is 2. The third-order valence-electron chi connectivity index (χ3n) is 4.63. The van der Waals surface area contributed by atoms with Crippen molar-refractivity contribution in [1.29, 1.82) is 0 Å². The van der Waals surface area contributed by atoms with E-state index in [1.165, 1.54) is 45.6 Å². The van der Waals surface area contributed by atoms with Gasteiger partial charge in [0.05, 0.1) is 6.61 Å². The second-order valence-corrected chi connectivity index (χ2v) is 6.15. The van der Waals surface area contributed by atoms with E-state index in [0.717, 1.165) is 19.3 Å². The van der Waals surface area contributed by atoms with E-state index in [9.17, 15) is 5.11 Å². The first-order chi connectivity index (χ1) is 8.67. The van der Waals surface area contributed by atoms with E-state index < -0.39 is 0 Å². The van der Waals surface area contributed by atoms with Gasteiger partial charge in [0.1, 0.15) is 0 Å². The molecule has 2 atom stereocenters. The lowest BCUT2D eigenvalue weighted by molar-refractivity contribution is 0.0456. The lowest BCUT2D eigenvalue weighted by Crippen LogP contribution is -2.56. The monoisotopic (exact) mass is 255 g/mol. The van der Waals surface area contributed by atoms with Crippen molar-refractivity contribution >= 4 is 0 Å². The number of aliphatic hydroxyl groups excluding tert-OH is 1. The van der Waals surface area contributed by atoms with Gasteiger partial charge in [-0.2, -0.15) is 0 Å². The number of nitrogens with zero attached hydrogens (tertiary/aromatic N) is 2. The molecule has 4 heteroatoms. The van der Waals surface area contributed by atoms with Crippen LogP contribution in [0.4, 0.5) is 0 Å². The Morgan fingerprint density at radius 2 is 2.00 bits per heavy atom. The van der Waals surface area contributed by atoms with Gasteiger partial charge in [-0.3, -0.25) is 4.90 Å². The lowest BCUT2D eigenvalue weighted by atomic mass is 9.79. The summed E-state index contributed by atoms with van der Waals surface area (Å²) < 4.78 is 0. The minimum atomic E-state index is -0.316. The van der Waals surface area contributed by atoms with Crippen LogP contribution in [-0.4, -0.2) is 65.8 Å². The molecule has 0 aromatic carbocycles. The molecule has 0 bridgehead atoms. The SMILES string of the molecule is CCCN1CCN(C2CCCC(N)(CO)C2)CC1. The van der Waals surface area contributed by atoms with Gasteiger partial charge in [0.2, 0.25) is 0 Å². The Bertz CT molecular complexity index is 253. The minimum absolute atomic E-state index is 0.138. The molecule has 1 aliphatic heterocycles. The Kier molecular flexibility index (Phi) is 5.01. The zero-order chi connectivity index (χ0) is 13.0. The summed E-state index contributed by atoms with van der Waals surface area (Å²) in [5.41, 5.74) is 5.93. The number of aliphatic hydroxyl groups is 1. The number of nitrogens with two attached hydrogens (primary N) is 1. The molecule has 2 rings (SSSR count). The fourth-order valence-electron chi connectivity index (χ4n) is 3.49. The van der Waals surface area contributed by atoms with Crippen LogP contribution in [-0.2, 0) is 0 Å². The minimum Gasteiger partial charge on any atom is -0.394 e. The molecule has 106 valence electrons. The molecule has 0 radical (unpaired) electrons. The highest BCUT2D eigenvalue weighted by Gasteiger charge is 2.35. The fourth-order valence-corrected chi connectivity index (χ4v) is 3.49. The Hall–Kier alpha value is -0.160. The first-order valence-corrected chi connectivity index (χ1v) is 7.53. The van der Waals surface area contributed by atoms with Crippen LogP contribution in [0.5, 0.6) is 0 Å². The van der Waals surface area contributed by atoms with E-state index in [1.807, 2.05) is 0 Å². The van der Waals surface area contributed by atoms with Gasteiger partial charge < -0.3 is 15.7 Å². The number of rotatable bonds is 4. The van der Waals surface area contributed by atoms with Crippen molar-refractivity contribution in [3.05, 3.63) is 0 Å². The average Bonchev–Trinajstić information content (AvgIpc) is 2.40. The van der Waals surface area contributed by atoms with Gasteiger partial charge in [0.25, 0.3) is 0 Å². The van der Waals surface area contributed by atoms with Crippen LogP contribution >= 0.6 is 0 Å². The van der Waals surface area contributed by atoms with E-state index in [0.29, 0.717) is 6.04 Å². The van der Waals surface area contributed by atoms with Gasteiger partial charge in [-0.15, -0.1) is 0 Å². The Morgan fingerprint density at radius 1 is 1.28 bits per heavy atom. The summed E-state index contributed by atoms with van der Waals surface area (Å²) in [6, 6.07) is 0.597. The molecule has 18 heavy (non-hydrogen) atoms. The van der Waals surface area contributed by atoms with Crippen molar-refractivity contribution in [2.24, 2.45) is 5.73 Å². The number of piperazine rings is 1. The van der Waals surface area contributed by atoms with E-state index in [4.69, 9.17) is 5.73 Å². The molecule has 2 fully saturated rings. The molecule has 0 aromatic rings. The van der Waals surface area contributed by atoms with Gasteiger partial charge in [-0.1, -0.05) is 6.92 Å². The molecular formula is C14H29N3O. The first-order valence-electron chi connectivity index (χ1n) is 7.53. The molecule has 2 aliphatic rings. The molecule has 3 N–H and O–H groups in total. The Morgan fingerprint density at radius 3 is 2.61 bits per heavy atom. The molecule has 1 heterocycles. The van der Waals surface area contributed by atoms with E-state index >= 15 is 0 Å². The van der Waals surface area contributed by atoms with Crippen LogP contribution in [0, 0.1) is 0 Å². The quantitative estimate of drug-likeness (QED) is 0.774. The zero-order valence-electron chi connectivity index (χ0n) is 11.8. The maximum Gasteiger partial charge on any atom is 0.0611 e. The molecule has 0 amide bonds. The first kappa shape index (κ1) is 14.3. The van der Waals surface area contributed by atoms with Crippen LogP contribution in [0.2, 0.25) is 0 Å². The highest BCUT2D eigenvalue weighted by molar-refractivity contribution is 4.94. The third kappa shape index (κ3) is 3.44. The van der Waals surface area contributed by atoms with Gasteiger partial charge in [0.15, 0.2) is 0 Å². The highest BCUT2D eigenvalue weighted by atomic mass is 16.3. The average molecular weight is 255 g/mol. The van der Waals surface area contributed by atoms with Crippen molar-refractivity contribution in [3.8, 4) is 0 Å². The Labute approximate surface area is 111 Å². The molecule has 1 saturated heterocycles. The second-order valence-electron chi connectivity index (χ2n) is 6.15. The van der Waals surface area contributed by atoms with Crippen molar-refractivity contribution in [1.82, 2.24) is 9.80 Å². The summed E-state index contributed by atoms with van der Waals surface area (Å²) in [6.07, 6.45) is 5.62. The molecule has 4 nitrogen and oxygen atoms in total. The van der Waals surface area contributed by atoms with Crippen molar-refractivity contribution in [2.45, 2.75) is 50.6 Å². The summed E-state index contributed by atoms with van der Waals surface area (Å²) in [5, 5.41) is 9.43. The van der Waals surface area contributed by atoms with Crippen LogP contribution in [0.15, 0.2) is 0 Å². The van der Waals surface area contributed by atoms with Gasteiger partial charge in [-0.05, 0) is 38.6 Å². The van der Waals surface area contributed by atoms with Gasteiger partial charge in [-0.25, -0.2) is 0 Å². The smallest absolute Gasteiger partial charge is 0.0611 e.